The third-order valence-electron chi connectivity index (χ3n) is 4.18. The number of halogens is 2. The predicted octanol–water partition coefficient (Wildman–Crippen LogP) is 3.55. The molecule has 2 aromatic carbocycles. The van der Waals surface area contributed by atoms with Gasteiger partial charge in [0, 0.05) is 0 Å². The normalized spacial score (nSPS) is 15.7. The molecule has 0 atom stereocenters. The number of rotatable bonds is 5. The Bertz CT molecular complexity index is 1110. The zero-order chi connectivity index (χ0) is 19.2. The molecule has 27 heavy (non-hydrogen) atoms. The molecule has 3 aromatic rings. The first-order valence-corrected chi connectivity index (χ1v) is 10.6. The third-order valence-corrected chi connectivity index (χ3v) is 7.24. The second-order valence-corrected chi connectivity index (χ2v) is 9.23. The minimum Gasteiger partial charge on any atom is -0.495 e. The van der Waals surface area contributed by atoms with Crippen LogP contribution in [-0.2, 0) is 10.0 Å². The van der Waals surface area contributed by atoms with E-state index in [2.05, 4.69) is 4.98 Å². The Kier molecular flexibility index (Phi) is 4.71. The molecule has 0 amide bonds. The maximum Gasteiger partial charge on any atom is 0.274 e. The first kappa shape index (κ1) is 18.4. The number of hydrogen-bond donors (Lipinski definition) is 0. The van der Waals surface area contributed by atoms with Gasteiger partial charge in [-0.1, -0.05) is 29.0 Å². The van der Waals surface area contributed by atoms with Crippen LogP contribution in [0.15, 0.2) is 41.3 Å². The molecular formula is C17H14ClFN2O4S2. The van der Waals surface area contributed by atoms with Crippen molar-refractivity contribution in [2.45, 2.75) is 11.0 Å². The van der Waals surface area contributed by atoms with Crippen molar-refractivity contribution in [1.29, 1.82) is 0 Å². The number of para-hydroxylation sites is 1. The molecule has 0 radical (unpaired) electrons. The van der Waals surface area contributed by atoms with Gasteiger partial charge in [-0.25, -0.2) is 17.8 Å². The Morgan fingerprint density at radius 3 is 2.78 bits per heavy atom. The molecule has 1 aliphatic heterocycles. The molecule has 4 rings (SSSR count). The fourth-order valence-electron chi connectivity index (χ4n) is 2.75. The molecule has 0 unspecified atom stereocenters. The number of ether oxygens (including phenoxy) is 2. The van der Waals surface area contributed by atoms with E-state index in [0.29, 0.717) is 15.7 Å². The molecule has 1 aliphatic rings. The van der Waals surface area contributed by atoms with Crippen LogP contribution in [0.2, 0.25) is 5.02 Å². The predicted molar refractivity (Wildman–Crippen MR) is 101 cm³/mol. The number of fused-ring (bicyclic) bond motifs is 1. The highest BCUT2D eigenvalue weighted by atomic mass is 35.5. The lowest BCUT2D eigenvalue weighted by Gasteiger charge is -2.37. The average molecular weight is 429 g/mol. The molecule has 6 nitrogen and oxygen atoms in total. The lowest BCUT2D eigenvalue weighted by Crippen LogP contribution is -2.56. The molecule has 1 fully saturated rings. The summed E-state index contributed by atoms with van der Waals surface area (Å²) in [6.07, 6.45) is -0.335. The molecular weight excluding hydrogens is 415 g/mol. The van der Waals surface area contributed by atoms with Gasteiger partial charge in [0.05, 0.1) is 29.9 Å². The topological polar surface area (TPSA) is 68.7 Å². The maximum atomic E-state index is 13.5. The number of benzene rings is 2. The summed E-state index contributed by atoms with van der Waals surface area (Å²) in [6, 6.07) is 8.87. The van der Waals surface area contributed by atoms with Crippen LogP contribution >= 0.6 is 22.9 Å². The van der Waals surface area contributed by atoms with E-state index in [1.807, 2.05) is 12.1 Å². The van der Waals surface area contributed by atoms with Crippen molar-refractivity contribution in [2.24, 2.45) is 0 Å². The van der Waals surface area contributed by atoms with Gasteiger partial charge in [-0.2, -0.15) is 4.31 Å². The van der Waals surface area contributed by atoms with Crippen molar-refractivity contribution in [1.82, 2.24) is 9.29 Å². The number of methoxy groups -OCH3 is 1. The zero-order valence-electron chi connectivity index (χ0n) is 14.1. The van der Waals surface area contributed by atoms with Crippen LogP contribution in [0.3, 0.4) is 0 Å². The second kappa shape index (κ2) is 6.90. The lowest BCUT2D eigenvalue weighted by atomic mass is 10.2. The Balaban J connectivity index is 1.48. The van der Waals surface area contributed by atoms with Gasteiger partial charge in [0.2, 0.25) is 10.0 Å². The van der Waals surface area contributed by atoms with Crippen LogP contribution in [0.1, 0.15) is 0 Å². The first-order chi connectivity index (χ1) is 12.9. The van der Waals surface area contributed by atoms with Crippen molar-refractivity contribution in [3.8, 4) is 10.9 Å². The van der Waals surface area contributed by atoms with Gasteiger partial charge in [-0.3, -0.25) is 0 Å². The Morgan fingerprint density at radius 2 is 2.07 bits per heavy atom. The largest absolute Gasteiger partial charge is 0.495 e. The van der Waals surface area contributed by atoms with Gasteiger partial charge in [0.25, 0.3) is 5.19 Å². The van der Waals surface area contributed by atoms with Crippen molar-refractivity contribution in [3.63, 3.8) is 0 Å². The van der Waals surface area contributed by atoms with Crippen molar-refractivity contribution in [2.75, 3.05) is 20.2 Å². The van der Waals surface area contributed by atoms with Gasteiger partial charge >= 0.3 is 0 Å². The van der Waals surface area contributed by atoms with E-state index in [4.69, 9.17) is 21.1 Å². The van der Waals surface area contributed by atoms with E-state index in [0.717, 1.165) is 16.8 Å². The minimum atomic E-state index is -3.87. The summed E-state index contributed by atoms with van der Waals surface area (Å²) in [5, 5.41) is 0.970. The summed E-state index contributed by atoms with van der Waals surface area (Å²) >= 11 is 7.45. The minimum absolute atomic E-state index is 0.0987. The lowest BCUT2D eigenvalue weighted by molar-refractivity contribution is 0.0760. The Morgan fingerprint density at radius 1 is 1.30 bits per heavy atom. The van der Waals surface area contributed by atoms with Crippen LogP contribution in [0.5, 0.6) is 10.9 Å². The maximum absolute atomic E-state index is 13.5. The average Bonchev–Trinajstić information content (AvgIpc) is 3.02. The molecule has 0 N–H and O–H groups in total. The van der Waals surface area contributed by atoms with Crippen molar-refractivity contribution in [3.05, 3.63) is 47.2 Å². The highest BCUT2D eigenvalue weighted by molar-refractivity contribution is 7.89. The van der Waals surface area contributed by atoms with Crippen molar-refractivity contribution >= 4 is 43.2 Å². The second-order valence-electron chi connectivity index (χ2n) is 5.92. The summed E-state index contributed by atoms with van der Waals surface area (Å²) in [4.78, 5) is 4.15. The SMILES string of the molecule is COc1ccc(F)cc1S(=O)(=O)N1CC(Oc2nc3c(Cl)cccc3s2)C1. The Labute approximate surface area is 164 Å². The first-order valence-electron chi connectivity index (χ1n) is 7.94. The number of hydrogen-bond acceptors (Lipinski definition) is 6. The van der Waals surface area contributed by atoms with E-state index in [9.17, 15) is 12.8 Å². The van der Waals surface area contributed by atoms with E-state index in [1.54, 1.807) is 6.07 Å². The molecule has 1 saturated heterocycles. The molecule has 0 bridgehead atoms. The molecule has 1 aromatic heterocycles. The summed E-state index contributed by atoms with van der Waals surface area (Å²) in [5.74, 6) is -0.546. The molecule has 0 spiro atoms. The van der Waals surface area contributed by atoms with E-state index >= 15 is 0 Å². The van der Waals surface area contributed by atoms with Crippen LogP contribution < -0.4 is 9.47 Å². The zero-order valence-corrected chi connectivity index (χ0v) is 16.4. The summed E-state index contributed by atoms with van der Waals surface area (Å²) in [6.45, 7) is 0.289. The standard InChI is InChI=1S/C17H14ClFN2O4S2/c1-24-13-6-5-10(19)7-15(13)27(22,23)21-8-11(9-21)25-17-20-16-12(18)3-2-4-14(16)26-17/h2-7,11H,8-9H2,1H3. The molecule has 0 aliphatic carbocycles. The van der Waals surface area contributed by atoms with Gasteiger partial charge in [-0.15, -0.1) is 0 Å². The highest BCUT2D eigenvalue weighted by Gasteiger charge is 2.40. The van der Waals surface area contributed by atoms with E-state index < -0.39 is 15.8 Å². The fourth-order valence-corrected chi connectivity index (χ4v) is 5.60. The quantitative estimate of drug-likeness (QED) is 0.621. The monoisotopic (exact) mass is 428 g/mol. The summed E-state index contributed by atoms with van der Waals surface area (Å²) in [7, 11) is -2.53. The Hall–Kier alpha value is -1.94. The van der Waals surface area contributed by atoms with Gasteiger partial charge in [-0.05, 0) is 30.3 Å². The third kappa shape index (κ3) is 3.36. The van der Waals surface area contributed by atoms with E-state index in [1.165, 1.54) is 28.8 Å². The number of nitrogens with zero attached hydrogens (tertiary/aromatic N) is 2. The van der Waals surface area contributed by atoms with Crippen LogP contribution in [-0.4, -0.2) is 44.0 Å². The highest BCUT2D eigenvalue weighted by Crippen LogP contribution is 2.35. The van der Waals surface area contributed by atoms with Crippen LogP contribution in [0, 0.1) is 5.82 Å². The molecule has 2 heterocycles. The van der Waals surface area contributed by atoms with Crippen LogP contribution in [0.25, 0.3) is 10.2 Å². The molecule has 10 heteroatoms. The van der Waals surface area contributed by atoms with E-state index in [-0.39, 0.29) is 29.8 Å². The summed E-state index contributed by atoms with van der Waals surface area (Å²) < 4.78 is 51.9. The smallest absolute Gasteiger partial charge is 0.274 e. The molecule has 0 saturated carbocycles. The van der Waals surface area contributed by atoms with Gasteiger partial charge < -0.3 is 9.47 Å². The molecule has 142 valence electrons. The van der Waals surface area contributed by atoms with Gasteiger partial charge in [0.15, 0.2) is 0 Å². The van der Waals surface area contributed by atoms with Crippen LogP contribution in [0.4, 0.5) is 4.39 Å². The number of thiazole rings is 1. The number of aromatic nitrogens is 1. The van der Waals surface area contributed by atoms with Crippen molar-refractivity contribution < 1.29 is 22.3 Å². The van der Waals surface area contributed by atoms with Gasteiger partial charge in [0.1, 0.15) is 28.1 Å². The number of sulfonamides is 1. The summed E-state index contributed by atoms with van der Waals surface area (Å²) in [5.41, 5.74) is 0.660. The fraction of sp³-hybridized carbons (Fsp3) is 0.235.